The lowest BCUT2D eigenvalue weighted by molar-refractivity contribution is 0.479. The summed E-state index contributed by atoms with van der Waals surface area (Å²) in [4.78, 5) is 0. The summed E-state index contributed by atoms with van der Waals surface area (Å²) in [6.07, 6.45) is 2.25. The van der Waals surface area contributed by atoms with Gasteiger partial charge in [0, 0.05) is 6.04 Å². The Morgan fingerprint density at radius 1 is 1.27 bits per heavy atom. The molecule has 2 N–H and O–H groups in total. The summed E-state index contributed by atoms with van der Waals surface area (Å²) in [6.45, 7) is 2.12. The number of nitrogens with one attached hydrogen (secondary N) is 2. The molecule has 1 heterocycles. The Kier molecular flexibility index (Phi) is 3.21. The highest BCUT2D eigenvalue weighted by Gasteiger charge is 2.13. The van der Waals surface area contributed by atoms with Crippen molar-refractivity contribution in [1.82, 2.24) is 5.32 Å². The molecule has 0 aliphatic carbocycles. The van der Waals surface area contributed by atoms with E-state index in [9.17, 15) is 0 Å². The van der Waals surface area contributed by atoms with Gasteiger partial charge in [-0.2, -0.15) is 5.26 Å². The Labute approximate surface area is 90.1 Å². The first-order valence-corrected chi connectivity index (χ1v) is 5.36. The second kappa shape index (κ2) is 4.81. The van der Waals surface area contributed by atoms with Crippen LogP contribution in [0.4, 0.5) is 5.69 Å². The van der Waals surface area contributed by atoms with Crippen LogP contribution in [0.5, 0.6) is 0 Å². The first kappa shape index (κ1) is 10.0. The lowest BCUT2D eigenvalue weighted by Crippen LogP contribution is -2.35. The van der Waals surface area contributed by atoms with Gasteiger partial charge in [0.1, 0.15) is 6.07 Å². The van der Waals surface area contributed by atoms with Gasteiger partial charge in [-0.05, 0) is 38.1 Å². The van der Waals surface area contributed by atoms with E-state index in [2.05, 4.69) is 16.7 Å². The number of rotatable bonds is 2. The van der Waals surface area contributed by atoms with Gasteiger partial charge in [-0.3, -0.25) is 0 Å². The van der Waals surface area contributed by atoms with E-state index < -0.39 is 0 Å². The van der Waals surface area contributed by atoms with Gasteiger partial charge in [-0.1, -0.05) is 12.1 Å². The van der Waals surface area contributed by atoms with Gasteiger partial charge in [0.2, 0.25) is 0 Å². The molecule has 0 aromatic heterocycles. The highest BCUT2D eigenvalue weighted by Crippen LogP contribution is 2.17. The first-order chi connectivity index (χ1) is 7.40. The van der Waals surface area contributed by atoms with Gasteiger partial charge in [0.05, 0.1) is 11.3 Å². The van der Waals surface area contributed by atoms with Gasteiger partial charge in [0.15, 0.2) is 0 Å². The molecule has 2 rings (SSSR count). The van der Waals surface area contributed by atoms with Crippen molar-refractivity contribution < 1.29 is 0 Å². The van der Waals surface area contributed by atoms with E-state index >= 15 is 0 Å². The van der Waals surface area contributed by atoms with Crippen LogP contribution < -0.4 is 10.6 Å². The summed E-state index contributed by atoms with van der Waals surface area (Å²) in [5, 5.41) is 15.7. The minimum absolute atomic E-state index is 0.501. The smallest absolute Gasteiger partial charge is 0.101 e. The standard InChI is InChI=1S/C12H15N3/c13-9-10-3-1-2-4-12(10)15-11-5-7-14-8-6-11/h1-4,11,14-15H,5-8H2. The predicted octanol–water partition coefficient (Wildman–Crippen LogP) is 1.72. The van der Waals surface area contributed by atoms with Crippen LogP contribution in [-0.2, 0) is 0 Å². The third-order valence-corrected chi connectivity index (χ3v) is 2.75. The zero-order chi connectivity index (χ0) is 10.5. The molecule has 0 amide bonds. The maximum Gasteiger partial charge on any atom is 0.101 e. The number of nitriles is 1. The predicted molar refractivity (Wildman–Crippen MR) is 60.7 cm³/mol. The SMILES string of the molecule is N#Cc1ccccc1NC1CCNCC1. The molecule has 1 fully saturated rings. The van der Waals surface area contributed by atoms with Crippen LogP contribution in [0, 0.1) is 11.3 Å². The van der Waals surface area contributed by atoms with Crippen molar-refractivity contribution in [3.05, 3.63) is 29.8 Å². The van der Waals surface area contributed by atoms with Gasteiger partial charge in [-0.15, -0.1) is 0 Å². The quantitative estimate of drug-likeness (QED) is 0.766. The summed E-state index contributed by atoms with van der Waals surface area (Å²) in [5.74, 6) is 0. The Morgan fingerprint density at radius 3 is 2.73 bits per heavy atom. The van der Waals surface area contributed by atoms with E-state index in [0.717, 1.165) is 37.2 Å². The van der Waals surface area contributed by atoms with Crippen molar-refractivity contribution >= 4 is 5.69 Å². The zero-order valence-electron chi connectivity index (χ0n) is 8.66. The largest absolute Gasteiger partial charge is 0.381 e. The van der Waals surface area contributed by atoms with Gasteiger partial charge < -0.3 is 10.6 Å². The average Bonchev–Trinajstić information content (AvgIpc) is 2.31. The topological polar surface area (TPSA) is 47.9 Å². The summed E-state index contributed by atoms with van der Waals surface area (Å²) in [5.41, 5.74) is 1.70. The van der Waals surface area contributed by atoms with E-state index in [0.29, 0.717) is 6.04 Å². The number of anilines is 1. The molecular formula is C12H15N3. The third kappa shape index (κ3) is 2.48. The molecule has 0 radical (unpaired) electrons. The van der Waals surface area contributed by atoms with Crippen LogP contribution in [0.3, 0.4) is 0 Å². The number of hydrogen-bond donors (Lipinski definition) is 2. The van der Waals surface area contributed by atoms with Crippen LogP contribution in [0.25, 0.3) is 0 Å². The molecule has 1 aliphatic heterocycles. The molecule has 78 valence electrons. The van der Waals surface area contributed by atoms with E-state index in [1.165, 1.54) is 0 Å². The van der Waals surface area contributed by atoms with E-state index in [1.807, 2.05) is 24.3 Å². The molecule has 0 spiro atoms. The monoisotopic (exact) mass is 201 g/mol. The highest BCUT2D eigenvalue weighted by atomic mass is 15.0. The summed E-state index contributed by atoms with van der Waals surface area (Å²) in [6, 6.07) is 10.4. The van der Waals surface area contributed by atoms with E-state index in [4.69, 9.17) is 5.26 Å². The van der Waals surface area contributed by atoms with Crippen molar-refractivity contribution in [2.45, 2.75) is 18.9 Å². The molecule has 1 aromatic carbocycles. The summed E-state index contributed by atoms with van der Waals surface area (Å²) in [7, 11) is 0. The van der Waals surface area contributed by atoms with Crippen molar-refractivity contribution in [3.8, 4) is 6.07 Å². The van der Waals surface area contributed by atoms with Gasteiger partial charge >= 0.3 is 0 Å². The second-order valence-electron chi connectivity index (χ2n) is 3.83. The zero-order valence-corrected chi connectivity index (χ0v) is 8.66. The number of hydrogen-bond acceptors (Lipinski definition) is 3. The van der Waals surface area contributed by atoms with Crippen LogP contribution in [0.15, 0.2) is 24.3 Å². The number of piperidine rings is 1. The molecule has 0 saturated carbocycles. The number of benzene rings is 1. The van der Waals surface area contributed by atoms with E-state index in [-0.39, 0.29) is 0 Å². The molecule has 3 nitrogen and oxygen atoms in total. The van der Waals surface area contributed by atoms with Crippen molar-refractivity contribution in [2.24, 2.45) is 0 Å². The highest BCUT2D eigenvalue weighted by molar-refractivity contribution is 5.57. The first-order valence-electron chi connectivity index (χ1n) is 5.36. The minimum atomic E-state index is 0.501. The lowest BCUT2D eigenvalue weighted by atomic mass is 10.1. The fourth-order valence-electron chi connectivity index (χ4n) is 1.89. The average molecular weight is 201 g/mol. The number of para-hydroxylation sites is 1. The van der Waals surface area contributed by atoms with E-state index in [1.54, 1.807) is 0 Å². The Morgan fingerprint density at radius 2 is 2.00 bits per heavy atom. The van der Waals surface area contributed by atoms with Crippen LogP contribution in [-0.4, -0.2) is 19.1 Å². The molecule has 3 heteroatoms. The molecule has 0 unspecified atom stereocenters. The minimum Gasteiger partial charge on any atom is -0.381 e. The molecule has 1 aliphatic rings. The Bertz CT molecular complexity index is 361. The van der Waals surface area contributed by atoms with Crippen LogP contribution in [0.2, 0.25) is 0 Å². The maximum atomic E-state index is 8.95. The Balaban J connectivity index is 2.06. The van der Waals surface area contributed by atoms with Crippen molar-refractivity contribution in [3.63, 3.8) is 0 Å². The normalized spacial score (nSPS) is 17.0. The summed E-state index contributed by atoms with van der Waals surface area (Å²) >= 11 is 0. The fraction of sp³-hybridized carbons (Fsp3) is 0.417. The second-order valence-corrected chi connectivity index (χ2v) is 3.83. The molecule has 1 aromatic rings. The van der Waals surface area contributed by atoms with Crippen molar-refractivity contribution in [2.75, 3.05) is 18.4 Å². The molecule has 0 atom stereocenters. The molecule has 15 heavy (non-hydrogen) atoms. The fourth-order valence-corrected chi connectivity index (χ4v) is 1.89. The van der Waals surface area contributed by atoms with Crippen LogP contribution >= 0.6 is 0 Å². The lowest BCUT2D eigenvalue weighted by Gasteiger charge is -2.25. The van der Waals surface area contributed by atoms with Crippen LogP contribution in [0.1, 0.15) is 18.4 Å². The molecule has 1 saturated heterocycles. The number of nitrogens with zero attached hydrogens (tertiary/aromatic N) is 1. The summed E-state index contributed by atoms with van der Waals surface area (Å²) < 4.78 is 0. The van der Waals surface area contributed by atoms with Gasteiger partial charge in [0.25, 0.3) is 0 Å². The maximum absolute atomic E-state index is 8.95. The van der Waals surface area contributed by atoms with Gasteiger partial charge in [-0.25, -0.2) is 0 Å². The Hall–Kier alpha value is -1.53. The molecular weight excluding hydrogens is 186 g/mol. The van der Waals surface area contributed by atoms with Crippen molar-refractivity contribution in [1.29, 1.82) is 5.26 Å². The molecule has 0 bridgehead atoms. The third-order valence-electron chi connectivity index (χ3n) is 2.75.